The van der Waals surface area contributed by atoms with Crippen molar-refractivity contribution in [2.24, 2.45) is 5.92 Å². The fraction of sp³-hybridized carbons (Fsp3) is 0.583. The minimum atomic E-state index is -0.747. The van der Waals surface area contributed by atoms with Gasteiger partial charge < -0.3 is 24.8 Å². The Morgan fingerprint density at radius 2 is 2.11 bits per heavy atom. The zero-order valence-electron chi connectivity index (χ0n) is 11.4. The van der Waals surface area contributed by atoms with Gasteiger partial charge in [0.2, 0.25) is 0 Å². The summed E-state index contributed by atoms with van der Waals surface area (Å²) in [4.78, 5) is 11.7. The summed E-state index contributed by atoms with van der Waals surface area (Å²) in [6.45, 7) is 8.99. The summed E-state index contributed by atoms with van der Waals surface area (Å²) in [5.41, 5.74) is 2.81. The molecule has 102 valence electrons. The average Bonchev–Trinajstić information content (AvgIpc) is 2.61. The Kier molecular flexibility index (Phi) is 12.1. The van der Waals surface area contributed by atoms with Gasteiger partial charge in [-0.3, -0.25) is 0 Å². The van der Waals surface area contributed by atoms with Crippen LogP contribution in [0.1, 0.15) is 26.7 Å². The molecule has 0 bridgehead atoms. The Morgan fingerprint density at radius 1 is 1.50 bits per heavy atom. The van der Waals surface area contributed by atoms with E-state index >= 15 is 0 Å². The second-order valence-corrected chi connectivity index (χ2v) is 23.8. The van der Waals surface area contributed by atoms with Gasteiger partial charge in [-0.05, 0) is 0 Å². The van der Waals surface area contributed by atoms with Crippen molar-refractivity contribution in [2.75, 3.05) is 0 Å². The van der Waals surface area contributed by atoms with E-state index in [0.717, 1.165) is 6.42 Å². The van der Waals surface area contributed by atoms with Crippen molar-refractivity contribution in [1.29, 1.82) is 0 Å². The maximum Gasteiger partial charge on any atom is -1.00 e. The van der Waals surface area contributed by atoms with Crippen molar-refractivity contribution < 1.29 is 52.0 Å². The average molecular weight is 473 g/mol. The summed E-state index contributed by atoms with van der Waals surface area (Å²) < 4.78 is 3.23. The quantitative estimate of drug-likeness (QED) is 0.412. The van der Waals surface area contributed by atoms with Crippen molar-refractivity contribution >= 4 is 11.9 Å². The predicted octanol–water partition coefficient (Wildman–Crippen LogP) is -3.61. The molecule has 1 aliphatic rings. The molecule has 2 nitrogen and oxygen atoms in total. The van der Waals surface area contributed by atoms with E-state index in [4.69, 9.17) is 0 Å². The minimum Gasteiger partial charge on any atom is -1.00 e. The van der Waals surface area contributed by atoms with E-state index in [9.17, 15) is 4.79 Å². The van der Waals surface area contributed by atoms with Crippen LogP contribution in [0.25, 0.3) is 0 Å². The van der Waals surface area contributed by atoms with Crippen LogP contribution in [-0.2, 0) is 27.2 Å². The molecule has 1 amide bonds. The van der Waals surface area contributed by atoms with Gasteiger partial charge in [0, 0.05) is 0 Å². The van der Waals surface area contributed by atoms with Crippen LogP contribution in [0.3, 0.4) is 0 Å². The number of amides is 1. The zero-order chi connectivity index (χ0) is 12.1. The molecule has 1 N–H and O–H groups in total. The number of carbonyl (C=O) groups is 1. The molecule has 6 heteroatoms. The third-order valence-corrected chi connectivity index (χ3v) is 12.3. The Morgan fingerprint density at radius 3 is 2.56 bits per heavy atom. The van der Waals surface area contributed by atoms with E-state index in [0.29, 0.717) is 18.2 Å². The van der Waals surface area contributed by atoms with Crippen LogP contribution in [0.15, 0.2) is 23.3 Å². The smallest absolute Gasteiger partial charge is 1.00 e. The van der Waals surface area contributed by atoms with Gasteiger partial charge in [0.1, 0.15) is 0 Å². The molecule has 0 fully saturated rings. The van der Waals surface area contributed by atoms with Gasteiger partial charge in [0.25, 0.3) is 0 Å². The molecule has 1 atom stereocenters. The summed E-state index contributed by atoms with van der Waals surface area (Å²) in [5.74, 6) is 0.232. The summed E-state index contributed by atoms with van der Waals surface area (Å²) in [6.07, 6.45) is 6.09. The molecule has 0 aliphatic heterocycles. The first-order valence-electron chi connectivity index (χ1n) is 5.91. The number of carbonyl (C=O) groups excluding carboxylic acids is 1. The largest absolute Gasteiger partial charge is 1.00 e. The van der Waals surface area contributed by atoms with Crippen LogP contribution >= 0.6 is 0 Å². The van der Waals surface area contributed by atoms with Gasteiger partial charge >= 0.3 is 111 Å². The Hall–Kier alpha value is 0.617. The molecule has 1 rings (SSSR count). The summed E-state index contributed by atoms with van der Waals surface area (Å²) >= 11 is -0.747. The van der Waals surface area contributed by atoms with Gasteiger partial charge in [0.05, 0.1) is 0 Å². The van der Waals surface area contributed by atoms with Crippen molar-refractivity contribution in [2.45, 2.75) is 39.8 Å². The normalized spacial score (nSPS) is 14.7. The first kappa shape index (κ1) is 20.9. The molecule has 0 saturated carbocycles. The fourth-order valence-electron chi connectivity index (χ4n) is 1.90. The number of hydrogen-bond donors (Lipinski definition) is 1. The first-order chi connectivity index (χ1) is 7.50. The van der Waals surface area contributed by atoms with Gasteiger partial charge in [-0.1, -0.05) is 0 Å². The Bertz CT molecular complexity index is 332. The molecule has 0 heterocycles. The number of hydrogen-bond acceptors (Lipinski definition) is 1. The summed E-state index contributed by atoms with van der Waals surface area (Å²) in [7, 11) is 0. The maximum atomic E-state index is 11.7. The van der Waals surface area contributed by atoms with E-state index in [-0.39, 0.29) is 24.8 Å². The minimum absolute atomic E-state index is 0. The molecule has 0 radical (unpaired) electrons. The van der Waals surface area contributed by atoms with Crippen molar-refractivity contribution in [1.82, 2.24) is 3.30 Å². The van der Waals surface area contributed by atoms with Crippen LogP contribution in [0.5, 0.6) is 0 Å². The SMILES string of the molecule is CC1=C(C(C)CC(=O)[NH][Hf+2][SiH](C)C)CC=C1.[Cl-].[Cl-]. The Balaban J connectivity index is 0. The van der Waals surface area contributed by atoms with Crippen LogP contribution in [0.2, 0.25) is 13.1 Å². The standard InChI is InChI=1S/C10H15NO.C2H7Si.2ClH.Hf/c1-7-4-3-5-9(7)8(2)6-10(11)12;1-3-2;;;/h3-4,8H,5-6H2,1-2H3,(H2,11,12);3H,1-2H3;2*1H;/q;;;;+3/p-3. The van der Waals surface area contributed by atoms with Gasteiger partial charge in [-0.2, -0.15) is 0 Å². The molecular weight excluding hydrogens is 452 g/mol. The third kappa shape index (κ3) is 7.27. The van der Waals surface area contributed by atoms with Crippen molar-refractivity contribution in [3.8, 4) is 0 Å². The molecule has 0 aromatic heterocycles. The maximum absolute atomic E-state index is 11.7. The van der Waals surface area contributed by atoms with Crippen LogP contribution < -0.4 is 28.1 Å². The predicted molar refractivity (Wildman–Crippen MR) is 67.3 cm³/mol. The zero-order valence-corrected chi connectivity index (χ0v) is 17.6. The number of rotatable bonds is 5. The van der Waals surface area contributed by atoms with Crippen LogP contribution in [0, 0.1) is 5.92 Å². The first-order valence-corrected chi connectivity index (χ1v) is 16.8. The molecule has 1 unspecified atom stereocenters. The molecule has 0 aromatic rings. The molecule has 0 aromatic carbocycles. The van der Waals surface area contributed by atoms with Crippen molar-refractivity contribution in [3.05, 3.63) is 23.3 Å². The van der Waals surface area contributed by atoms with Crippen LogP contribution in [0.4, 0.5) is 0 Å². The number of nitrogens with one attached hydrogen (secondary N) is 1. The van der Waals surface area contributed by atoms with Crippen LogP contribution in [-0.4, -0.2) is 11.9 Å². The van der Waals surface area contributed by atoms with Gasteiger partial charge in [0.15, 0.2) is 0 Å². The molecule has 0 saturated heterocycles. The molecule has 18 heavy (non-hydrogen) atoms. The number of allylic oxidation sites excluding steroid dienone is 4. The monoisotopic (exact) mass is 473 g/mol. The third-order valence-electron chi connectivity index (χ3n) is 2.80. The van der Waals surface area contributed by atoms with E-state index < -0.39 is 28.3 Å². The van der Waals surface area contributed by atoms with E-state index in [2.05, 4.69) is 42.4 Å². The summed E-state index contributed by atoms with van der Waals surface area (Å²) in [5, 5.41) is 0. The van der Waals surface area contributed by atoms with Gasteiger partial charge in [-0.15, -0.1) is 0 Å². The Labute approximate surface area is 135 Å². The second-order valence-electron chi connectivity index (χ2n) is 4.77. The topological polar surface area (TPSA) is 29.1 Å². The molecule has 1 aliphatic carbocycles. The van der Waals surface area contributed by atoms with Gasteiger partial charge in [-0.25, -0.2) is 0 Å². The summed E-state index contributed by atoms with van der Waals surface area (Å²) in [6, 6.07) is 0. The molecular formula is C12H21Cl2HfNOSi. The van der Waals surface area contributed by atoms with Crippen molar-refractivity contribution in [3.63, 3.8) is 0 Å². The number of halogens is 2. The van der Waals surface area contributed by atoms with E-state index in [1.807, 2.05) is 0 Å². The van der Waals surface area contributed by atoms with E-state index in [1.54, 1.807) is 0 Å². The van der Waals surface area contributed by atoms with E-state index in [1.165, 1.54) is 11.1 Å². The molecule has 0 spiro atoms. The fourth-order valence-corrected chi connectivity index (χ4v) is 7.56. The second kappa shape index (κ2) is 10.4.